The van der Waals surface area contributed by atoms with Crippen molar-refractivity contribution in [3.05, 3.63) is 41.2 Å². The molecule has 0 bridgehead atoms. The zero-order valence-corrected chi connectivity index (χ0v) is 16.9. The van der Waals surface area contributed by atoms with Crippen molar-refractivity contribution in [2.24, 2.45) is 0 Å². The summed E-state index contributed by atoms with van der Waals surface area (Å²) < 4.78 is 37.6. The second-order valence-corrected chi connectivity index (χ2v) is 5.95. The zero-order valence-electron chi connectivity index (χ0n) is 16.9. The van der Waals surface area contributed by atoms with E-state index in [9.17, 15) is 4.79 Å². The molecule has 0 unspecified atom stereocenters. The summed E-state index contributed by atoms with van der Waals surface area (Å²) in [6, 6.07) is 6.69. The Morgan fingerprint density at radius 2 is 1.52 bits per heavy atom. The van der Waals surface area contributed by atoms with Crippen LogP contribution in [0.25, 0.3) is 6.08 Å². The van der Waals surface area contributed by atoms with Crippen molar-refractivity contribution in [3.8, 4) is 34.5 Å². The first-order valence-corrected chi connectivity index (χ1v) is 8.64. The lowest BCUT2D eigenvalue weighted by Crippen LogP contribution is -2.03. The fraction of sp³-hybridized carbons (Fsp3) is 0.286. The maximum Gasteiger partial charge on any atom is 0.235 e. The van der Waals surface area contributed by atoms with E-state index in [0.717, 1.165) is 0 Å². The highest BCUT2D eigenvalue weighted by Crippen LogP contribution is 2.43. The lowest BCUT2D eigenvalue weighted by atomic mass is 10.1. The number of carbonyl (C=O) groups excluding carboxylic acids is 1. The fourth-order valence-corrected chi connectivity index (χ4v) is 2.93. The Morgan fingerprint density at radius 1 is 0.862 bits per heavy atom. The van der Waals surface area contributed by atoms with Crippen LogP contribution in [0, 0.1) is 0 Å². The molecule has 0 aliphatic carbocycles. The molecule has 0 saturated carbocycles. The number of fused-ring (bicyclic) bond motifs is 1. The monoisotopic (exact) mass is 402 g/mol. The Bertz CT molecular complexity index is 923. The Kier molecular flexibility index (Phi) is 6.13. The van der Waals surface area contributed by atoms with Gasteiger partial charge in [-0.2, -0.15) is 0 Å². The molecule has 0 aromatic heterocycles. The summed E-state index contributed by atoms with van der Waals surface area (Å²) in [4.78, 5) is 12.9. The highest BCUT2D eigenvalue weighted by molar-refractivity contribution is 6.16. The molecule has 0 saturated heterocycles. The minimum Gasteiger partial charge on any atom is -0.496 e. The molecule has 0 N–H and O–H groups in total. The van der Waals surface area contributed by atoms with Crippen LogP contribution in [0.4, 0.5) is 0 Å². The van der Waals surface area contributed by atoms with Gasteiger partial charge in [0.15, 0.2) is 24.1 Å². The molecule has 8 nitrogen and oxygen atoms in total. The van der Waals surface area contributed by atoms with Gasteiger partial charge in [-0.1, -0.05) is 0 Å². The van der Waals surface area contributed by atoms with E-state index in [1.807, 2.05) is 0 Å². The highest BCUT2D eigenvalue weighted by atomic mass is 16.7. The number of methoxy groups -OCH3 is 5. The predicted octanol–water partition coefficient (Wildman–Crippen LogP) is 3.32. The molecule has 0 radical (unpaired) electrons. The summed E-state index contributed by atoms with van der Waals surface area (Å²) >= 11 is 0. The van der Waals surface area contributed by atoms with E-state index < -0.39 is 0 Å². The number of Topliss-reactive ketones (excluding diaryl/α,β-unsaturated/α-hetero) is 1. The van der Waals surface area contributed by atoms with Crippen LogP contribution >= 0.6 is 0 Å². The summed E-state index contributed by atoms with van der Waals surface area (Å²) in [7, 11) is 7.55. The minimum atomic E-state index is -0.294. The van der Waals surface area contributed by atoms with Crippen LogP contribution in [0.5, 0.6) is 34.5 Å². The largest absolute Gasteiger partial charge is 0.496 e. The quantitative estimate of drug-likeness (QED) is 0.491. The van der Waals surface area contributed by atoms with Gasteiger partial charge in [0, 0.05) is 19.2 Å². The van der Waals surface area contributed by atoms with E-state index in [2.05, 4.69) is 0 Å². The molecular weight excluding hydrogens is 380 g/mol. The molecular formula is C21H22O8. The number of allylic oxidation sites excluding steroid dienone is 1. The summed E-state index contributed by atoms with van der Waals surface area (Å²) in [5, 5.41) is 0. The molecule has 1 heterocycles. The maximum atomic E-state index is 12.9. The number of ketones is 1. The summed E-state index contributed by atoms with van der Waals surface area (Å²) in [5.74, 6) is 2.37. The summed E-state index contributed by atoms with van der Waals surface area (Å²) in [6.07, 6.45) is 1.60. The van der Waals surface area contributed by atoms with E-state index in [1.54, 1.807) is 30.3 Å². The van der Waals surface area contributed by atoms with Gasteiger partial charge < -0.3 is 33.2 Å². The van der Waals surface area contributed by atoms with Crippen LogP contribution in [0.15, 0.2) is 30.0 Å². The van der Waals surface area contributed by atoms with Gasteiger partial charge in [0.25, 0.3) is 0 Å². The van der Waals surface area contributed by atoms with E-state index in [4.69, 9.17) is 33.2 Å². The van der Waals surface area contributed by atoms with Gasteiger partial charge in [-0.05, 0) is 23.8 Å². The standard InChI is InChI=1S/C21H22O8/c1-23-11-28-21-17(26-4)7-12(8-18(21)27-5)6-16-20(22)19-14(25-3)9-13(24-2)10-15(19)29-16/h6-10H,11H2,1-5H3/b16-6-. The number of hydrogen-bond donors (Lipinski definition) is 0. The van der Waals surface area contributed by atoms with Crippen LogP contribution in [-0.4, -0.2) is 48.1 Å². The summed E-state index contributed by atoms with van der Waals surface area (Å²) in [6.45, 7) is 0.0334. The van der Waals surface area contributed by atoms with E-state index in [0.29, 0.717) is 45.6 Å². The molecule has 2 aromatic rings. The van der Waals surface area contributed by atoms with Crippen LogP contribution in [-0.2, 0) is 4.74 Å². The van der Waals surface area contributed by atoms with Crippen LogP contribution in [0.3, 0.4) is 0 Å². The topological polar surface area (TPSA) is 81.7 Å². The average molecular weight is 402 g/mol. The molecule has 154 valence electrons. The van der Waals surface area contributed by atoms with Crippen LogP contribution < -0.4 is 28.4 Å². The van der Waals surface area contributed by atoms with Crippen molar-refractivity contribution in [2.75, 3.05) is 42.3 Å². The molecule has 0 amide bonds. The van der Waals surface area contributed by atoms with Crippen molar-refractivity contribution in [1.29, 1.82) is 0 Å². The van der Waals surface area contributed by atoms with Gasteiger partial charge in [0.2, 0.25) is 11.5 Å². The normalized spacial score (nSPS) is 13.7. The summed E-state index contributed by atoms with van der Waals surface area (Å²) in [5.41, 5.74) is 0.976. The Morgan fingerprint density at radius 3 is 2.07 bits per heavy atom. The number of hydrogen-bond acceptors (Lipinski definition) is 8. The predicted molar refractivity (Wildman–Crippen MR) is 105 cm³/mol. The number of benzene rings is 2. The Balaban J connectivity index is 2.01. The first kappa shape index (κ1) is 20.3. The molecule has 1 aliphatic heterocycles. The van der Waals surface area contributed by atoms with Crippen molar-refractivity contribution < 1.29 is 38.0 Å². The Labute approximate surface area is 168 Å². The van der Waals surface area contributed by atoms with Gasteiger partial charge in [-0.25, -0.2) is 0 Å². The molecule has 1 aliphatic rings. The van der Waals surface area contributed by atoms with Gasteiger partial charge in [-0.15, -0.1) is 0 Å². The maximum absolute atomic E-state index is 12.9. The third kappa shape index (κ3) is 3.93. The lowest BCUT2D eigenvalue weighted by molar-refractivity contribution is 0.0471. The van der Waals surface area contributed by atoms with Gasteiger partial charge in [-0.3, -0.25) is 4.79 Å². The third-order valence-electron chi connectivity index (χ3n) is 4.27. The molecule has 2 aromatic carbocycles. The van der Waals surface area contributed by atoms with E-state index in [1.165, 1.54) is 35.5 Å². The lowest BCUT2D eigenvalue weighted by Gasteiger charge is -2.14. The first-order chi connectivity index (χ1) is 14.1. The number of rotatable bonds is 8. The molecule has 0 atom stereocenters. The fourth-order valence-electron chi connectivity index (χ4n) is 2.93. The smallest absolute Gasteiger partial charge is 0.235 e. The van der Waals surface area contributed by atoms with Crippen LogP contribution in [0.2, 0.25) is 0 Å². The minimum absolute atomic E-state index is 0.0334. The van der Waals surface area contributed by atoms with E-state index in [-0.39, 0.29) is 18.3 Å². The zero-order chi connectivity index (χ0) is 21.0. The van der Waals surface area contributed by atoms with Crippen molar-refractivity contribution >= 4 is 11.9 Å². The molecule has 3 rings (SSSR count). The molecule has 8 heteroatoms. The number of ether oxygens (including phenoxy) is 7. The molecule has 0 fully saturated rings. The molecule has 0 spiro atoms. The first-order valence-electron chi connectivity index (χ1n) is 8.64. The number of carbonyl (C=O) groups is 1. The van der Waals surface area contributed by atoms with Gasteiger partial charge >= 0.3 is 0 Å². The third-order valence-corrected chi connectivity index (χ3v) is 4.27. The SMILES string of the molecule is COCOc1c(OC)cc(/C=C2\Oc3cc(OC)cc(OC)c3C2=O)cc1OC. The average Bonchev–Trinajstić information content (AvgIpc) is 3.06. The van der Waals surface area contributed by atoms with Gasteiger partial charge in [0.05, 0.1) is 28.4 Å². The van der Waals surface area contributed by atoms with Crippen molar-refractivity contribution in [1.82, 2.24) is 0 Å². The van der Waals surface area contributed by atoms with Gasteiger partial charge in [0.1, 0.15) is 22.8 Å². The second kappa shape index (κ2) is 8.74. The highest BCUT2D eigenvalue weighted by Gasteiger charge is 2.32. The Hall–Kier alpha value is -3.39. The van der Waals surface area contributed by atoms with Crippen LogP contribution in [0.1, 0.15) is 15.9 Å². The van der Waals surface area contributed by atoms with E-state index >= 15 is 0 Å². The molecule has 29 heavy (non-hydrogen) atoms. The van der Waals surface area contributed by atoms with Crippen molar-refractivity contribution in [3.63, 3.8) is 0 Å². The van der Waals surface area contributed by atoms with Crippen molar-refractivity contribution in [2.45, 2.75) is 0 Å². The second-order valence-electron chi connectivity index (χ2n) is 5.95.